The van der Waals surface area contributed by atoms with E-state index in [2.05, 4.69) is 20.6 Å². The number of rotatable bonds is 5. The minimum Gasteiger partial charge on any atom is -0.373 e. The van der Waals surface area contributed by atoms with Crippen LogP contribution in [-0.4, -0.2) is 31.9 Å². The quantitative estimate of drug-likeness (QED) is 0.650. The summed E-state index contributed by atoms with van der Waals surface area (Å²) >= 11 is 0. The lowest BCUT2D eigenvalue weighted by molar-refractivity contribution is -0.384. The average Bonchev–Trinajstić information content (AvgIpc) is 2.86. The third kappa shape index (κ3) is 2.51. The van der Waals surface area contributed by atoms with Crippen LogP contribution in [0.4, 0.5) is 11.5 Å². The fourth-order valence-electron chi connectivity index (χ4n) is 1.74. The summed E-state index contributed by atoms with van der Waals surface area (Å²) in [5, 5.41) is 21.7. The van der Waals surface area contributed by atoms with Gasteiger partial charge in [0.1, 0.15) is 11.5 Å². The van der Waals surface area contributed by atoms with E-state index in [9.17, 15) is 10.1 Å². The predicted octanol–water partition coefficient (Wildman–Crippen LogP) is 1.70. The van der Waals surface area contributed by atoms with Crippen molar-refractivity contribution in [2.45, 2.75) is 19.9 Å². The Hall–Kier alpha value is -2.51. The molecular formula is C11H14N6O2. The van der Waals surface area contributed by atoms with Crippen LogP contribution >= 0.6 is 0 Å². The van der Waals surface area contributed by atoms with Gasteiger partial charge in [-0.2, -0.15) is 0 Å². The second kappa shape index (κ2) is 5.42. The number of hydrogen-bond donors (Lipinski definition) is 1. The molecule has 0 aliphatic rings. The Labute approximate surface area is 109 Å². The molecule has 2 aromatic heterocycles. The Bertz CT molecular complexity index is 595. The highest BCUT2D eigenvalue weighted by atomic mass is 16.6. The lowest BCUT2D eigenvalue weighted by atomic mass is 10.2. The van der Waals surface area contributed by atoms with E-state index in [1.165, 1.54) is 12.3 Å². The van der Waals surface area contributed by atoms with Crippen LogP contribution in [0.1, 0.15) is 13.3 Å². The standard InChI is InChI=1S/C11H14N6O2/c1-3-6-16-9(7-13-15-16)11-8(17(18)19)4-5-10(12-2)14-11/h4-5,7H,3,6H2,1-2H3,(H,12,14). The van der Waals surface area contributed by atoms with Crippen molar-refractivity contribution in [3.63, 3.8) is 0 Å². The molecule has 2 heterocycles. The molecule has 0 amide bonds. The van der Waals surface area contributed by atoms with Crippen LogP contribution in [0.15, 0.2) is 18.3 Å². The fraction of sp³-hybridized carbons (Fsp3) is 0.364. The van der Waals surface area contributed by atoms with Crippen molar-refractivity contribution < 1.29 is 4.92 Å². The van der Waals surface area contributed by atoms with Crippen LogP contribution in [-0.2, 0) is 6.54 Å². The van der Waals surface area contributed by atoms with Gasteiger partial charge in [-0.3, -0.25) is 10.1 Å². The first-order valence-electron chi connectivity index (χ1n) is 5.89. The van der Waals surface area contributed by atoms with Gasteiger partial charge >= 0.3 is 0 Å². The van der Waals surface area contributed by atoms with E-state index in [1.807, 2.05) is 6.92 Å². The van der Waals surface area contributed by atoms with Gasteiger partial charge in [-0.05, 0) is 12.5 Å². The zero-order valence-electron chi connectivity index (χ0n) is 10.7. The van der Waals surface area contributed by atoms with Crippen molar-refractivity contribution in [2.24, 2.45) is 0 Å². The molecule has 8 nitrogen and oxygen atoms in total. The van der Waals surface area contributed by atoms with E-state index in [4.69, 9.17) is 0 Å². The Morgan fingerprint density at radius 3 is 2.89 bits per heavy atom. The summed E-state index contributed by atoms with van der Waals surface area (Å²) in [6.45, 7) is 2.63. The molecule has 1 N–H and O–H groups in total. The van der Waals surface area contributed by atoms with Gasteiger partial charge in [0.15, 0.2) is 5.69 Å². The summed E-state index contributed by atoms with van der Waals surface area (Å²) in [7, 11) is 1.71. The van der Waals surface area contributed by atoms with Crippen molar-refractivity contribution in [3.05, 3.63) is 28.4 Å². The predicted molar refractivity (Wildman–Crippen MR) is 69.7 cm³/mol. The van der Waals surface area contributed by atoms with Crippen molar-refractivity contribution in [1.82, 2.24) is 20.0 Å². The molecule has 0 aromatic carbocycles. The Kier molecular flexibility index (Phi) is 3.69. The smallest absolute Gasteiger partial charge is 0.297 e. The third-order valence-electron chi connectivity index (χ3n) is 2.62. The van der Waals surface area contributed by atoms with E-state index < -0.39 is 4.92 Å². The molecule has 8 heteroatoms. The van der Waals surface area contributed by atoms with Gasteiger partial charge in [-0.25, -0.2) is 9.67 Å². The number of nitro groups is 1. The van der Waals surface area contributed by atoms with E-state index in [0.717, 1.165) is 6.42 Å². The van der Waals surface area contributed by atoms with Crippen LogP contribution in [0.25, 0.3) is 11.4 Å². The number of nitrogens with zero attached hydrogens (tertiary/aromatic N) is 5. The molecule has 0 fully saturated rings. The number of hydrogen-bond acceptors (Lipinski definition) is 6. The molecular weight excluding hydrogens is 248 g/mol. The Morgan fingerprint density at radius 1 is 1.47 bits per heavy atom. The highest BCUT2D eigenvalue weighted by molar-refractivity contribution is 5.68. The molecule has 2 aromatic rings. The van der Waals surface area contributed by atoms with E-state index in [-0.39, 0.29) is 11.4 Å². The van der Waals surface area contributed by atoms with E-state index >= 15 is 0 Å². The molecule has 0 atom stereocenters. The van der Waals surface area contributed by atoms with Gasteiger partial charge in [-0.1, -0.05) is 12.1 Å². The fourth-order valence-corrected chi connectivity index (χ4v) is 1.74. The van der Waals surface area contributed by atoms with Crippen molar-refractivity contribution >= 4 is 11.5 Å². The minimum atomic E-state index is -0.453. The van der Waals surface area contributed by atoms with Gasteiger partial charge in [0.25, 0.3) is 5.69 Å². The first kappa shape index (κ1) is 12.9. The number of anilines is 1. The maximum absolute atomic E-state index is 11.1. The van der Waals surface area contributed by atoms with Gasteiger partial charge in [-0.15, -0.1) is 5.10 Å². The highest BCUT2D eigenvalue weighted by Crippen LogP contribution is 2.28. The summed E-state index contributed by atoms with van der Waals surface area (Å²) in [4.78, 5) is 14.9. The number of pyridine rings is 1. The molecule has 19 heavy (non-hydrogen) atoms. The molecule has 0 radical (unpaired) electrons. The molecule has 0 saturated carbocycles. The minimum absolute atomic E-state index is 0.0568. The Balaban J connectivity index is 2.58. The van der Waals surface area contributed by atoms with Crippen LogP contribution in [0.2, 0.25) is 0 Å². The van der Waals surface area contributed by atoms with Crippen LogP contribution in [0.3, 0.4) is 0 Å². The normalized spacial score (nSPS) is 10.4. The maximum atomic E-state index is 11.1. The second-order valence-electron chi connectivity index (χ2n) is 3.91. The first-order valence-corrected chi connectivity index (χ1v) is 5.89. The highest BCUT2D eigenvalue weighted by Gasteiger charge is 2.21. The van der Waals surface area contributed by atoms with Crippen LogP contribution < -0.4 is 5.32 Å². The van der Waals surface area contributed by atoms with Gasteiger partial charge < -0.3 is 5.32 Å². The summed E-state index contributed by atoms with van der Waals surface area (Å²) in [5.41, 5.74) is 0.764. The molecule has 0 aliphatic heterocycles. The van der Waals surface area contributed by atoms with E-state index in [1.54, 1.807) is 17.8 Å². The summed E-state index contributed by atoms with van der Waals surface area (Å²) in [6, 6.07) is 2.99. The van der Waals surface area contributed by atoms with Crippen LogP contribution in [0.5, 0.6) is 0 Å². The molecule has 0 saturated heterocycles. The van der Waals surface area contributed by atoms with Crippen molar-refractivity contribution in [2.75, 3.05) is 12.4 Å². The topological polar surface area (TPSA) is 98.8 Å². The van der Waals surface area contributed by atoms with Crippen LogP contribution in [0, 0.1) is 10.1 Å². The van der Waals surface area contributed by atoms with Crippen molar-refractivity contribution in [1.29, 1.82) is 0 Å². The molecule has 0 spiro atoms. The number of aromatic nitrogens is 4. The number of nitrogens with one attached hydrogen (secondary N) is 1. The molecule has 0 bridgehead atoms. The number of aryl methyl sites for hydroxylation is 1. The zero-order valence-corrected chi connectivity index (χ0v) is 10.7. The third-order valence-corrected chi connectivity index (χ3v) is 2.62. The van der Waals surface area contributed by atoms with E-state index in [0.29, 0.717) is 18.1 Å². The first-order chi connectivity index (χ1) is 9.17. The van der Waals surface area contributed by atoms with Gasteiger partial charge in [0, 0.05) is 19.7 Å². The summed E-state index contributed by atoms with van der Waals surface area (Å²) in [5.74, 6) is 0.560. The molecule has 2 rings (SSSR count). The van der Waals surface area contributed by atoms with Gasteiger partial charge in [0.2, 0.25) is 0 Å². The lowest BCUT2D eigenvalue weighted by Crippen LogP contribution is -2.05. The largest absolute Gasteiger partial charge is 0.373 e. The summed E-state index contributed by atoms with van der Waals surface area (Å²) in [6.07, 6.45) is 2.35. The second-order valence-corrected chi connectivity index (χ2v) is 3.91. The molecule has 0 unspecified atom stereocenters. The maximum Gasteiger partial charge on any atom is 0.297 e. The average molecular weight is 262 g/mol. The van der Waals surface area contributed by atoms with Gasteiger partial charge in [0.05, 0.1) is 11.1 Å². The SMILES string of the molecule is CCCn1nncc1-c1nc(NC)ccc1[N+](=O)[O-]. The summed E-state index contributed by atoms with van der Waals surface area (Å²) < 4.78 is 1.62. The zero-order chi connectivity index (χ0) is 13.8. The molecule has 100 valence electrons. The van der Waals surface area contributed by atoms with Crippen molar-refractivity contribution in [3.8, 4) is 11.4 Å². The monoisotopic (exact) mass is 262 g/mol. The lowest BCUT2D eigenvalue weighted by Gasteiger charge is -2.06. The molecule has 0 aliphatic carbocycles. The Morgan fingerprint density at radius 2 is 2.26 bits per heavy atom.